The Morgan fingerprint density at radius 1 is 1.48 bits per heavy atom. The number of carbonyl (C=O) groups is 2. The molecule has 0 bridgehead atoms. The molecule has 1 aromatic carbocycles. The van der Waals surface area contributed by atoms with Crippen LogP contribution in [0.3, 0.4) is 0 Å². The number of hydrogen-bond acceptors (Lipinski definition) is 5. The van der Waals surface area contributed by atoms with Gasteiger partial charge in [-0.15, -0.1) is 11.3 Å². The van der Waals surface area contributed by atoms with Crippen molar-refractivity contribution in [2.45, 2.75) is 19.4 Å². The van der Waals surface area contributed by atoms with Crippen LogP contribution in [0.15, 0.2) is 29.6 Å². The Labute approximate surface area is 124 Å². The van der Waals surface area contributed by atoms with Crippen LogP contribution in [-0.2, 0) is 20.7 Å². The van der Waals surface area contributed by atoms with Gasteiger partial charge in [0.2, 0.25) is 0 Å². The topological polar surface area (TPSA) is 82.3 Å². The molecule has 1 amide bonds. The predicted molar refractivity (Wildman–Crippen MR) is 76.0 cm³/mol. The highest BCUT2D eigenvalue weighted by Crippen LogP contribution is 2.24. The molecule has 0 saturated carbocycles. The molecule has 1 atom stereocenters. The number of halogens is 1. The molecule has 7 heteroatoms. The van der Waals surface area contributed by atoms with E-state index in [-0.39, 0.29) is 12.2 Å². The van der Waals surface area contributed by atoms with E-state index in [9.17, 15) is 14.0 Å². The van der Waals surface area contributed by atoms with Crippen LogP contribution in [0.5, 0.6) is 0 Å². The Kier molecular flexibility index (Phi) is 4.64. The summed E-state index contributed by atoms with van der Waals surface area (Å²) in [6, 6.07) is 6.05. The van der Waals surface area contributed by atoms with E-state index in [0.29, 0.717) is 16.3 Å². The summed E-state index contributed by atoms with van der Waals surface area (Å²) in [7, 11) is 0. The second-order valence-electron chi connectivity index (χ2n) is 4.37. The summed E-state index contributed by atoms with van der Waals surface area (Å²) < 4.78 is 18.0. The SMILES string of the molecule is C[C@H](OC(=O)Cc1csc(-c2cccc(F)c2)n1)C(N)=O. The number of ether oxygens (including phenoxy) is 1. The van der Waals surface area contributed by atoms with Crippen molar-refractivity contribution in [3.05, 3.63) is 41.2 Å². The van der Waals surface area contributed by atoms with Crippen molar-refractivity contribution in [3.63, 3.8) is 0 Å². The number of primary amides is 1. The van der Waals surface area contributed by atoms with Gasteiger partial charge in [0.05, 0.1) is 12.1 Å². The molecule has 110 valence electrons. The summed E-state index contributed by atoms with van der Waals surface area (Å²) in [6.07, 6.45) is -1.04. The first-order chi connectivity index (χ1) is 9.95. The van der Waals surface area contributed by atoms with Gasteiger partial charge in [0.15, 0.2) is 6.10 Å². The number of nitrogens with two attached hydrogens (primary N) is 1. The summed E-state index contributed by atoms with van der Waals surface area (Å²) in [4.78, 5) is 26.7. The van der Waals surface area contributed by atoms with Crippen LogP contribution in [0, 0.1) is 5.82 Å². The van der Waals surface area contributed by atoms with Gasteiger partial charge >= 0.3 is 5.97 Å². The van der Waals surface area contributed by atoms with E-state index in [1.807, 2.05) is 0 Å². The predicted octanol–water partition coefficient (Wildman–Crippen LogP) is 1.91. The van der Waals surface area contributed by atoms with Gasteiger partial charge in [-0.1, -0.05) is 12.1 Å². The van der Waals surface area contributed by atoms with E-state index >= 15 is 0 Å². The van der Waals surface area contributed by atoms with E-state index in [2.05, 4.69) is 4.98 Å². The smallest absolute Gasteiger partial charge is 0.312 e. The molecule has 1 heterocycles. The van der Waals surface area contributed by atoms with Crippen LogP contribution < -0.4 is 5.73 Å². The Bertz CT molecular complexity index is 672. The van der Waals surface area contributed by atoms with Crippen LogP contribution in [-0.4, -0.2) is 23.0 Å². The van der Waals surface area contributed by atoms with E-state index < -0.39 is 18.0 Å². The van der Waals surface area contributed by atoms with Gasteiger partial charge in [0, 0.05) is 10.9 Å². The maximum Gasteiger partial charge on any atom is 0.312 e. The lowest BCUT2D eigenvalue weighted by molar-refractivity contribution is -0.153. The van der Waals surface area contributed by atoms with Gasteiger partial charge in [-0.05, 0) is 19.1 Å². The van der Waals surface area contributed by atoms with Gasteiger partial charge in [-0.3, -0.25) is 9.59 Å². The number of benzene rings is 1. The van der Waals surface area contributed by atoms with Gasteiger partial charge < -0.3 is 10.5 Å². The van der Waals surface area contributed by atoms with Crippen molar-refractivity contribution >= 4 is 23.2 Å². The number of hydrogen-bond donors (Lipinski definition) is 1. The number of aromatic nitrogens is 1. The van der Waals surface area contributed by atoms with Gasteiger partial charge in [-0.25, -0.2) is 9.37 Å². The lowest BCUT2D eigenvalue weighted by Crippen LogP contribution is -2.30. The van der Waals surface area contributed by atoms with Crippen LogP contribution in [0.4, 0.5) is 4.39 Å². The zero-order chi connectivity index (χ0) is 15.4. The minimum Gasteiger partial charge on any atom is -0.452 e. The van der Waals surface area contributed by atoms with Gasteiger partial charge in [0.25, 0.3) is 5.91 Å². The monoisotopic (exact) mass is 308 g/mol. The van der Waals surface area contributed by atoms with Crippen molar-refractivity contribution < 1.29 is 18.7 Å². The molecule has 5 nitrogen and oxygen atoms in total. The van der Waals surface area contributed by atoms with E-state index in [1.54, 1.807) is 17.5 Å². The van der Waals surface area contributed by atoms with Gasteiger partial charge in [-0.2, -0.15) is 0 Å². The highest BCUT2D eigenvalue weighted by atomic mass is 32.1. The lowest BCUT2D eigenvalue weighted by atomic mass is 10.2. The maximum atomic E-state index is 13.1. The number of nitrogens with zero attached hydrogens (tertiary/aromatic N) is 1. The first kappa shape index (κ1) is 15.1. The molecule has 0 saturated heterocycles. The third-order valence-electron chi connectivity index (χ3n) is 2.66. The first-order valence-corrected chi connectivity index (χ1v) is 7.03. The third-order valence-corrected chi connectivity index (χ3v) is 3.60. The highest BCUT2D eigenvalue weighted by Gasteiger charge is 2.16. The van der Waals surface area contributed by atoms with Crippen molar-refractivity contribution in [2.75, 3.05) is 0 Å². The zero-order valence-corrected chi connectivity index (χ0v) is 12.0. The lowest BCUT2D eigenvalue weighted by Gasteiger charge is -2.08. The summed E-state index contributed by atoms with van der Waals surface area (Å²) in [5.74, 6) is -1.64. The summed E-state index contributed by atoms with van der Waals surface area (Å²) in [5, 5.41) is 2.30. The number of amides is 1. The fourth-order valence-corrected chi connectivity index (χ4v) is 2.40. The second-order valence-corrected chi connectivity index (χ2v) is 5.22. The van der Waals surface area contributed by atoms with Crippen LogP contribution in [0.25, 0.3) is 10.6 Å². The molecule has 2 aromatic rings. The van der Waals surface area contributed by atoms with E-state index in [0.717, 1.165) is 0 Å². The maximum absolute atomic E-state index is 13.1. The Balaban J connectivity index is 2.03. The molecule has 0 aliphatic rings. The highest BCUT2D eigenvalue weighted by molar-refractivity contribution is 7.13. The quantitative estimate of drug-likeness (QED) is 0.855. The van der Waals surface area contributed by atoms with Crippen molar-refractivity contribution in [1.29, 1.82) is 0 Å². The van der Waals surface area contributed by atoms with Crippen molar-refractivity contribution in [2.24, 2.45) is 5.73 Å². The minimum atomic E-state index is -0.973. The summed E-state index contributed by atoms with van der Waals surface area (Å²) in [5.41, 5.74) is 6.15. The molecule has 2 N–H and O–H groups in total. The minimum absolute atomic E-state index is 0.0660. The second kappa shape index (κ2) is 6.45. The number of thiazole rings is 1. The van der Waals surface area contributed by atoms with E-state index in [1.165, 1.54) is 30.4 Å². The average Bonchev–Trinajstić information content (AvgIpc) is 2.86. The molecule has 0 unspecified atom stereocenters. The molecule has 0 spiro atoms. The fourth-order valence-electron chi connectivity index (χ4n) is 1.59. The summed E-state index contributed by atoms with van der Waals surface area (Å²) >= 11 is 1.30. The standard InChI is InChI=1S/C14H13FN2O3S/c1-8(13(16)19)20-12(18)6-11-7-21-14(17-11)9-3-2-4-10(15)5-9/h2-5,7-8H,6H2,1H3,(H2,16,19)/t8-/m0/s1. The first-order valence-electron chi connectivity index (χ1n) is 6.15. The molecular formula is C14H13FN2O3S. The molecular weight excluding hydrogens is 295 g/mol. The number of carbonyl (C=O) groups excluding carboxylic acids is 2. The summed E-state index contributed by atoms with van der Waals surface area (Å²) in [6.45, 7) is 1.40. The van der Waals surface area contributed by atoms with Crippen molar-refractivity contribution in [1.82, 2.24) is 4.98 Å². The Morgan fingerprint density at radius 3 is 2.90 bits per heavy atom. The normalized spacial score (nSPS) is 11.9. The third kappa shape index (κ3) is 4.09. The molecule has 0 fully saturated rings. The average molecular weight is 308 g/mol. The van der Waals surface area contributed by atoms with Crippen molar-refractivity contribution in [3.8, 4) is 10.6 Å². The Morgan fingerprint density at radius 2 is 2.24 bits per heavy atom. The van der Waals surface area contributed by atoms with E-state index in [4.69, 9.17) is 10.5 Å². The molecule has 0 aliphatic carbocycles. The molecule has 21 heavy (non-hydrogen) atoms. The molecule has 0 radical (unpaired) electrons. The van der Waals surface area contributed by atoms with Crippen LogP contribution in [0.1, 0.15) is 12.6 Å². The van der Waals surface area contributed by atoms with Crippen LogP contribution >= 0.6 is 11.3 Å². The largest absolute Gasteiger partial charge is 0.452 e. The Hall–Kier alpha value is -2.28. The molecule has 0 aliphatic heterocycles. The number of rotatable bonds is 5. The molecule has 2 rings (SSSR count). The number of esters is 1. The zero-order valence-electron chi connectivity index (χ0n) is 11.2. The van der Waals surface area contributed by atoms with Gasteiger partial charge in [0.1, 0.15) is 10.8 Å². The fraction of sp³-hybridized carbons (Fsp3) is 0.214. The van der Waals surface area contributed by atoms with Crippen LogP contribution in [0.2, 0.25) is 0 Å². The molecule has 1 aromatic heterocycles.